The van der Waals surface area contributed by atoms with Gasteiger partial charge in [0.1, 0.15) is 0 Å². The van der Waals surface area contributed by atoms with E-state index in [1.54, 1.807) is 0 Å². The van der Waals surface area contributed by atoms with Crippen molar-refractivity contribution in [1.82, 2.24) is 4.90 Å². The number of carbonyl (C=O) groups is 1. The lowest BCUT2D eigenvalue weighted by molar-refractivity contribution is -0.121. The highest BCUT2D eigenvalue weighted by atomic mass is 16.1. The first-order chi connectivity index (χ1) is 4.20. The van der Waals surface area contributed by atoms with E-state index >= 15 is 0 Å². The van der Waals surface area contributed by atoms with E-state index in [1.807, 2.05) is 6.92 Å². The van der Waals surface area contributed by atoms with Gasteiger partial charge in [0.15, 0.2) is 0 Å². The van der Waals surface area contributed by atoms with Crippen LogP contribution >= 0.6 is 0 Å². The van der Waals surface area contributed by atoms with E-state index in [0.29, 0.717) is 0 Å². The molecule has 0 aromatic carbocycles. The molecule has 9 heavy (non-hydrogen) atoms. The molecule has 0 aliphatic carbocycles. The largest absolute Gasteiger partial charge is 0.369 e. The Balaban J connectivity index is 2.16. The van der Waals surface area contributed by atoms with Crippen LogP contribution in [0.3, 0.4) is 0 Å². The second-order valence-electron chi connectivity index (χ2n) is 2.60. The average Bonchev–Trinajstić information content (AvgIpc) is 2.50. The molecule has 0 bridgehead atoms. The van der Waals surface area contributed by atoms with E-state index in [2.05, 4.69) is 4.90 Å². The molecule has 1 rings (SSSR count). The maximum absolute atomic E-state index is 10.5. The molecule has 1 unspecified atom stereocenters. The van der Waals surface area contributed by atoms with Crippen molar-refractivity contribution < 1.29 is 4.79 Å². The number of carbonyl (C=O) groups excluding carboxylic acids is 1. The number of hydrogen-bond donors (Lipinski definition) is 1. The number of rotatable bonds is 3. The molecule has 1 aliphatic heterocycles. The van der Waals surface area contributed by atoms with Crippen molar-refractivity contribution in [3.63, 3.8) is 0 Å². The van der Waals surface area contributed by atoms with Crippen LogP contribution in [0.4, 0.5) is 0 Å². The molecular weight excluding hydrogens is 116 g/mol. The molecule has 0 saturated carbocycles. The molecule has 0 aromatic rings. The average molecular weight is 128 g/mol. The van der Waals surface area contributed by atoms with Gasteiger partial charge in [-0.3, -0.25) is 4.79 Å². The molecule has 3 nitrogen and oxygen atoms in total. The minimum absolute atomic E-state index is 0.0208. The van der Waals surface area contributed by atoms with Gasteiger partial charge in [-0.15, -0.1) is 0 Å². The van der Waals surface area contributed by atoms with Crippen molar-refractivity contribution in [3.05, 3.63) is 0 Å². The molecule has 52 valence electrons. The van der Waals surface area contributed by atoms with E-state index in [1.165, 1.54) is 0 Å². The second-order valence-corrected chi connectivity index (χ2v) is 2.60. The van der Waals surface area contributed by atoms with Gasteiger partial charge in [0.2, 0.25) is 5.91 Å². The highest BCUT2D eigenvalue weighted by molar-refractivity contribution is 5.76. The van der Waals surface area contributed by atoms with Gasteiger partial charge in [-0.1, -0.05) is 6.92 Å². The van der Waals surface area contributed by atoms with Crippen LogP contribution in [0, 0.1) is 5.92 Å². The van der Waals surface area contributed by atoms with Crippen LogP contribution in [-0.4, -0.2) is 30.4 Å². The monoisotopic (exact) mass is 128 g/mol. The Morgan fingerprint density at radius 3 is 2.67 bits per heavy atom. The van der Waals surface area contributed by atoms with Gasteiger partial charge >= 0.3 is 0 Å². The number of nitrogens with two attached hydrogens (primary N) is 1. The predicted molar refractivity (Wildman–Crippen MR) is 34.8 cm³/mol. The van der Waals surface area contributed by atoms with Gasteiger partial charge in [0.25, 0.3) is 0 Å². The Morgan fingerprint density at radius 1 is 1.78 bits per heavy atom. The van der Waals surface area contributed by atoms with Crippen molar-refractivity contribution >= 4 is 5.91 Å². The summed E-state index contributed by atoms with van der Waals surface area (Å²) >= 11 is 0. The Bertz CT molecular complexity index is 120. The Hall–Kier alpha value is -0.570. The normalized spacial score (nSPS) is 21.4. The van der Waals surface area contributed by atoms with Crippen LogP contribution in [-0.2, 0) is 4.79 Å². The number of primary amides is 1. The highest BCUT2D eigenvalue weighted by Crippen LogP contribution is 2.07. The van der Waals surface area contributed by atoms with E-state index in [4.69, 9.17) is 5.73 Å². The smallest absolute Gasteiger partial charge is 0.221 e. The molecular formula is C6H12N2O. The Labute approximate surface area is 54.8 Å². The molecule has 1 heterocycles. The quantitative estimate of drug-likeness (QED) is 0.517. The van der Waals surface area contributed by atoms with Crippen LogP contribution in [0.25, 0.3) is 0 Å². The first-order valence-corrected chi connectivity index (χ1v) is 3.22. The second kappa shape index (κ2) is 2.35. The lowest BCUT2D eigenvalue weighted by Gasteiger charge is -2.05. The molecule has 1 fully saturated rings. The van der Waals surface area contributed by atoms with E-state index in [-0.39, 0.29) is 11.8 Å². The zero-order valence-corrected chi connectivity index (χ0v) is 5.63. The molecule has 1 amide bonds. The fraction of sp³-hybridized carbons (Fsp3) is 0.833. The molecule has 1 aliphatic rings. The first kappa shape index (κ1) is 6.55. The maximum atomic E-state index is 10.5. The van der Waals surface area contributed by atoms with Gasteiger partial charge in [0, 0.05) is 25.6 Å². The van der Waals surface area contributed by atoms with Crippen LogP contribution in [0.1, 0.15) is 6.92 Å². The summed E-state index contributed by atoms with van der Waals surface area (Å²) in [5.74, 6) is -0.172. The molecule has 2 N–H and O–H groups in total. The standard InChI is InChI=1S/C6H12N2O/c1-5(6(7)9)4-8-2-3-8/h5H,2-4H2,1H3,(H2,7,9). The predicted octanol–water partition coefficient (Wildman–Crippen LogP) is -0.577. The first-order valence-electron chi connectivity index (χ1n) is 3.22. The summed E-state index contributed by atoms with van der Waals surface area (Å²) in [7, 11) is 0. The van der Waals surface area contributed by atoms with E-state index in [0.717, 1.165) is 19.6 Å². The Morgan fingerprint density at radius 2 is 2.33 bits per heavy atom. The molecule has 0 spiro atoms. The molecule has 3 heteroatoms. The fourth-order valence-corrected chi connectivity index (χ4v) is 0.731. The minimum Gasteiger partial charge on any atom is -0.369 e. The summed E-state index contributed by atoms with van der Waals surface area (Å²) < 4.78 is 0. The van der Waals surface area contributed by atoms with Crippen molar-refractivity contribution in [2.24, 2.45) is 11.7 Å². The zero-order valence-electron chi connectivity index (χ0n) is 5.63. The van der Waals surface area contributed by atoms with Crippen LogP contribution < -0.4 is 5.73 Å². The van der Waals surface area contributed by atoms with Crippen LogP contribution in [0.15, 0.2) is 0 Å². The van der Waals surface area contributed by atoms with Gasteiger partial charge in [-0.2, -0.15) is 0 Å². The zero-order chi connectivity index (χ0) is 6.85. The summed E-state index contributed by atoms with van der Waals surface area (Å²) in [5, 5.41) is 0. The van der Waals surface area contributed by atoms with E-state index < -0.39 is 0 Å². The third-order valence-corrected chi connectivity index (χ3v) is 1.56. The SMILES string of the molecule is CC(CN1CC1)C(N)=O. The third-order valence-electron chi connectivity index (χ3n) is 1.56. The number of amides is 1. The van der Waals surface area contributed by atoms with Gasteiger partial charge in [0.05, 0.1) is 0 Å². The minimum atomic E-state index is -0.193. The number of nitrogens with zero attached hydrogens (tertiary/aromatic N) is 1. The van der Waals surface area contributed by atoms with Crippen LogP contribution in [0.5, 0.6) is 0 Å². The lowest BCUT2D eigenvalue weighted by atomic mass is 10.2. The fourth-order valence-electron chi connectivity index (χ4n) is 0.731. The molecule has 0 aromatic heterocycles. The molecule has 1 saturated heterocycles. The van der Waals surface area contributed by atoms with Crippen molar-refractivity contribution in [1.29, 1.82) is 0 Å². The van der Waals surface area contributed by atoms with Gasteiger partial charge in [-0.05, 0) is 0 Å². The summed E-state index contributed by atoms with van der Waals surface area (Å²) in [6.07, 6.45) is 0. The summed E-state index contributed by atoms with van der Waals surface area (Å²) in [5.41, 5.74) is 5.05. The summed E-state index contributed by atoms with van der Waals surface area (Å²) in [6, 6.07) is 0. The number of hydrogen-bond acceptors (Lipinski definition) is 2. The lowest BCUT2D eigenvalue weighted by Crippen LogP contribution is -2.26. The highest BCUT2D eigenvalue weighted by Gasteiger charge is 2.21. The van der Waals surface area contributed by atoms with Gasteiger partial charge in [-0.25, -0.2) is 0 Å². The third kappa shape index (κ3) is 2.01. The van der Waals surface area contributed by atoms with Crippen LogP contribution in [0.2, 0.25) is 0 Å². The Kier molecular flexibility index (Phi) is 1.71. The summed E-state index contributed by atoms with van der Waals surface area (Å²) in [4.78, 5) is 12.6. The van der Waals surface area contributed by atoms with Gasteiger partial charge < -0.3 is 10.6 Å². The molecule has 1 atom stereocenters. The maximum Gasteiger partial charge on any atom is 0.221 e. The van der Waals surface area contributed by atoms with Crippen molar-refractivity contribution in [3.8, 4) is 0 Å². The van der Waals surface area contributed by atoms with E-state index in [9.17, 15) is 4.79 Å². The van der Waals surface area contributed by atoms with Crippen molar-refractivity contribution in [2.45, 2.75) is 6.92 Å². The topological polar surface area (TPSA) is 46.1 Å². The summed E-state index contributed by atoms with van der Waals surface area (Å²) in [6.45, 7) is 4.98. The molecule has 0 radical (unpaired) electrons. The van der Waals surface area contributed by atoms with Crippen molar-refractivity contribution in [2.75, 3.05) is 19.6 Å².